The summed E-state index contributed by atoms with van der Waals surface area (Å²) in [5.41, 5.74) is 2.97. The van der Waals surface area contributed by atoms with Gasteiger partial charge in [-0.05, 0) is 31.5 Å². The van der Waals surface area contributed by atoms with Crippen LogP contribution >= 0.6 is 0 Å². The van der Waals surface area contributed by atoms with Gasteiger partial charge in [-0.2, -0.15) is 0 Å². The van der Waals surface area contributed by atoms with Crippen LogP contribution in [0.2, 0.25) is 0 Å². The summed E-state index contributed by atoms with van der Waals surface area (Å²) in [6, 6.07) is 8.21. The summed E-state index contributed by atoms with van der Waals surface area (Å²) in [7, 11) is 0. The van der Waals surface area contributed by atoms with Gasteiger partial charge >= 0.3 is 0 Å². The van der Waals surface area contributed by atoms with Crippen LogP contribution in [0.5, 0.6) is 0 Å². The number of furan rings is 1. The lowest BCUT2D eigenvalue weighted by atomic mass is 10.1. The van der Waals surface area contributed by atoms with Crippen LogP contribution in [0, 0.1) is 6.92 Å². The molecule has 0 aliphatic carbocycles. The lowest BCUT2D eigenvalue weighted by molar-refractivity contribution is 0.462. The Morgan fingerprint density at radius 3 is 2.90 bits per heavy atom. The summed E-state index contributed by atoms with van der Waals surface area (Å²) in [4.78, 5) is 8.58. The SMILES string of the molecule is CCCNC(c1cnccn1)c1cc2cccc(C)c2o1. The first-order valence-corrected chi connectivity index (χ1v) is 7.28. The number of rotatable bonds is 5. The number of hydrogen-bond donors (Lipinski definition) is 1. The van der Waals surface area contributed by atoms with Crippen molar-refractivity contribution in [1.29, 1.82) is 0 Å². The van der Waals surface area contributed by atoms with E-state index < -0.39 is 0 Å². The lowest BCUT2D eigenvalue weighted by Crippen LogP contribution is -2.23. The second-order valence-electron chi connectivity index (χ2n) is 5.16. The molecule has 2 aromatic heterocycles. The highest BCUT2D eigenvalue weighted by Crippen LogP contribution is 2.28. The number of fused-ring (bicyclic) bond motifs is 1. The average molecular weight is 281 g/mol. The van der Waals surface area contributed by atoms with E-state index in [1.807, 2.05) is 6.07 Å². The van der Waals surface area contributed by atoms with E-state index in [4.69, 9.17) is 4.42 Å². The molecule has 1 atom stereocenters. The maximum atomic E-state index is 6.08. The largest absolute Gasteiger partial charge is 0.459 e. The summed E-state index contributed by atoms with van der Waals surface area (Å²) in [5.74, 6) is 0.883. The molecule has 21 heavy (non-hydrogen) atoms. The number of nitrogens with one attached hydrogen (secondary N) is 1. The highest BCUT2D eigenvalue weighted by Gasteiger charge is 2.19. The molecule has 4 nitrogen and oxygen atoms in total. The van der Waals surface area contributed by atoms with E-state index in [1.165, 1.54) is 0 Å². The summed E-state index contributed by atoms with van der Waals surface area (Å²) in [6.45, 7) is 5.10. The van der Waals surface area contributed by atoms with E-state index in [0.717, 1.165) is 41.0 Å². The Kier molecular flexibility index (Phi) is 3.97. The van der Waals surface area contributed by atoms with Gasteiger partial charge in [-0.15, -0.1) is 0 Å². The minimum Gasteiger partial charge on any atom is -0.459 e. The third-order valence-electron chi connectivity index (χ3n) is 3.52. The molecule has 1 unspecified atom stereocenters. The van der Waals surface area contributed by atoms with Crippen molar-refractivity contribution in [2.45, 2.75) is 26.3 Å². The molecule has 0 saturated heterocycles. The standard InChI is InChI=1S/C17H19N3O/c1-3-7-20-16(14-11-18-8-9-19-14)15-10-13-6-4-5-12(2)17(13)21-15/h4-6,8-11,16,20H,3,7H2,1-2H3. The van der Waals surface area contributed by atoms with Crippen LogP contribution in [0.3, 0.4) is 0 Å². The number of hydrogen-bond acceptors (Lipinski definition) is 4. The smallest absolute Gasteiger partial charge is 0.137 e. The zero-order valence-corrected chi connectivity index (χ0v) is 12.3. The number of benzene rings is 1. The van der Waals surface area contributed by atoms with Crippen LogP contribution in [0.25, 0.3) is 11.0 Å². The van der Waals surface area contributed by atoms with Crippen LogP contribution in [0.15, 0.2) is 47.3 Å². The monoisotopic (exact) mass is 281 g/mol. The highest BCUT2D eigenvalue weighted by atomic mass is 16.3. The first kappa shape index (κ1) is 13.8. The van der Waals surface area contributed by atoms with Gasteiger partial charge in [-0.3, -0.25) is 9.97 Å². The molecule has 0 aliphatic heterocycles. The Morgan fingerprint density at radius 1 is 1.29 bits per heavy atom. The number of para-hydroxylation sites is 1. The van der Waals surface area contributed by atoms with Crippen molar-refractivity contribution < 1.29 is 4.42 Å². The van der Waals surface area contributed by atoms with Crippen molar-refractivity contribution in [3.8, 4) is 0 Å². The van der Waals surface area contributed by atoms with Gasteiger partial charge in [-0.25, -0.2) is 0 Å². The highest BCUT2D eigenvalue weighted by molar-refractivity contribution is 5.81. The number of nitrogens with zero attached hydrogens (tertiary/aromatic N) is 2. The van der Waals surface area contributed by atoms with Gasteiger partial charge in [0, 0.05) is 17.8 Å². The Balaban J connectivity index is 2.03. The molecule has 3 aromatic rings. The lowest BCUT2D eigenvalue weighted by Gasteiger charge is -2.15. The predicted octanol–water partition coefficient (Wildman–Crippen LogP) is 3.62. The van der Waals surface area contributed by atoms with Crippen molar-refractivity contribution in [2.75, 3.05) is 6.54 Å². The molecule has 1 aromatic carbocycles. The Hall–Kier alpha value is -2.20. The molecule has 1 N–H and O–H groups in total. The maximum absolute atomic E-state index is 6.08. The molecule has 108 valence electrons. The molecule has 0 bridgehead atoms. The fourth-order valence-electron chi connectivity index (χ4n) is 2.47. The van der Waals surface area contributed by atoms with Gasteiger partial charge in [0.15, 0.2) is 0 Å². The van der Waals surface area contributed by atoms with E-state index in [0.29, 0.717) is 0 Å². The molecule has 0 radical (unpaired) electrons. The van der Waals surface area contributed by atoms with Gasteiger partial charge in [0.25, 0.3) is 0 Å². The first-order valence-electron chi connectivity index (χ1n) is 7.28. The van der Waals surface area contributed by atoms with Gasteiger partial charge in [-0.1, -0.05) is 25.1 Å². The molecule has 4 heteroatoms. The molecule has 2 heterocycles. The normalized spacial score (nSPS) is 12.7. The minimum atomic E-state index is -0.0644. The maximum Gasteiger partial charge on any atom is 0.137 e. The van der Waals surface area contributed by atoms with E-state index >= 15 is 0 Å². The quantitative estimate of drug-likeness (QED) is 0.776. The molecule has 0 aliphatic rings. The minimum absolute atomic E-state index is 0.0644. The molecule has 0 spiro atoms. The summed E-state index contributed by atoms with van der Waals surface area (Å²) >= 11 is 0. The fourth-order valence-corrected chi connectivity index (χ4v) is 2.47. The second kappa shape index (κ2) is 6.06. The molecule has 0 fully saturated rings. The Morgan fingerprint density at radius 2 is 2.19 bits per heavy atom. The number of aryl methyl sites for hydroxylation is 1. The van der Waals surface area contributed by atoms with E-state index in [9.17, 15) is 0 Å². The second-order valence-corrected chi connectivity index (χ2v) is 5.16. The van der Waals surface area contributed by atoms with Crippen LogP contribution in [-0.4, -0.2) is 16.5 Å². The fraction of sp³-hybridized carbons (Fsp3) is 0.294. The van der Waals surface area contributed by atoms with Crippen molar-refractivity contribution in [1.82, 2.24) is 15.3 Å². The van der Waals surface area contributed by atoms with Crippen molar-refractivity contribution in [3.63, 3.8) is 0 Å². The third-order valence-corrected chi connectivity index (χ3v) is 3.52. The molecule has 0 saturated carbocycles. The summed E-state index contributed by atoms with van der Waals surface area (Å²) in [6.07, 6.45) is 6.23. The topological polar surface area (TPSA) is 51.0 Å². The van der Waals surface area contributed by atoms with Crippen molar-refractivity contribution in [2.24, 2.45) is 0 Å². The van der Waals surface area contributed by atoms with E-state index in [1.54, 1.807) is 18.6 Å². The van der Waals surface area contributed by atoms with E-state index in [-0.39, 0.29) is 6.04 Å². The average Bonchev–Trinajstić information content (AvgIpc) is 2.94. The third kappa shape index (κ3) is 2.81. The molecular weight excluding hydrogens is 262 g/mol. The first-order chi connectivity index (χ1) is 10.3. The van der Waals surface area contributed by atoms with Crippen LogP contribution < -0.4 is 5.32 Å². The molecule has 0 amide bonds. The van der Waals surface area contributed by atoms with Gasteiger partial charge < -0.3 is 9.73 Å². The predicted molar refractivity (Wildman–Crippen MR) is 83.1 cm³/mol. The van der Waals surface area contributed by atoms with Crippen LogP contribution in [0.1, 0.15) is 36.4 Å². The van der Waals surface area contributed by atoms with Crippen molar-refractivity contribution in [3.05, 3.63) is 59.9 Å². The van der Waals surface area contributed by atoms with Crippen molar-refractivity contribution >= 4 is 11.0 Å². The Labute approximate surface area is 124 Å². The van der Waals surface area contributed by atoms with Crippen LogP contribution in [-0.2, 0) is 0 Å². The Bertz CT molecular complexity index is 721. The van der Waals surface area contributed by atoms with Crippen LogP contribution in [0.4, 0.5) is 0 Å². The molecule has 3 rings (SSSR count). The van der Waals surface area contributed by atoms with Gasteiger partial charge in [0.1, 0.15) is 17.4 Å². The summed E-state index contributed by atoms with van der Waals surface area (Å²) < 4.78 is 6.08. The van der Waals surface area contributed by atoms with Gasteiger partial charge in [0.05, 0.1) is 11.9 Å². The summed E-state index contributed by atoms with van der Waals surface area (Å²) in [5, 5.41) is 4.61. The molecular formula is C17H19N3O. The zero-order valence-electron chi connectivity index (χ0n) is 12.3. The van der Waals surface area contributed by atoms with Gasteiger partial charge in [0.2, 0.25) is 0 Å². The number of aromatic nitrogens is 2. The zero-order chi connectivity index (χ0) is 14.7. The van der Waals surface area contributed by atoms with E-state index in [2.05, 4.69) is 47.3 Å².